The molecular formula is C36H41ClN6O6. The van der Waals surface area contributed by atoms with E-state index in [-0.39, 0.29) is 11.7 Å². The van der Waals surface area contributed by atoms with Gasteiger partial charge in [-0.15, -0.1) is 10.2 Å². The summed E-state index contributed by atoms with van der Waals surface area (Å²) in [6.45, 7) is 3.66. The van der Waals surface area contributed by atoms with E-state index >= 15 is 0 Å². The van der Waals surface area contributed by atoms with E-state index in [1.807, 2.05) is 60.7 Å². The molecule has 0 unspecified atom stereocenters. The highest BCUT2D eigenvalue weighted by atomic mass is 35.5. The van der Waals surface area contributed by atoms with Gasteiger partial charge < -0.3 is 38.8 Å². The molecule has 49 heavy (non-hydrogen) atoms. The number of rotatable bonds is 16. The molecule has 0 aliphatic carbocycles. The zero-order valence-electron chi connectivity index (χ0n) is 28.3. The number of nitrogens with one attached hydrogen (secondary N) is 1. The number of aryl methyl sites for hydroxylation is 1. The molecule has 0 aliphatic heterocycles. The van der Waals surface area contributed by atoms with Crippen molar-refractivity contribution in [2.24, 2.45) is 0 Å². The molecule has 0 bridgehead atoms. The second-order valence-electron chi connectivity index (χ2n) is 11.4. The highest BCUT2D eigenvalue weighted by Gasteiger charge is 2.25. The third-order valence-electron chi connectivity index (χ3n) is 8.26. The number of hydrogen-bond acceptors (Lipinski definition) is 9. The number of carbonyl (C=O) groups is 1. The van der Waals surface area contributed by atoms with Crippen molar-refractivity contribution in [1.82, 2.24) is 25.1 Å². The van der Waals surface area contributed by atoms with Gasteiger partial charge in [-0.25, -0.2) is 9.78 Å². The molecule has 5 rings (SSSR count). The number of fused-ring (bicyclic) bond motifs is 1. The van der Waals surface area contributed by atoms with Crippen LogP contribution in [0.4, 0.5) is 10.6 Å². The van der Waals surface area contributed by atoms with Crippen LogP contribution in [0.5, 0.6) is 23.0 Å². The standard InChI is InChI=1S/C36H41ClN6O6/c1-6-7-8-31-39-32-33(43(31)20-24-11-9-23(10-12-24)19-38-36(44)45)34(37)40-41-35(32)42(21-25-13-15-27(46-2)17-29(25)48-4)22-26-14-16-28(47-3)18-30(26)49-5/h9-18,38H,6-8,19-22H2,1-5H3,(H,44,45). The maximum absolute atomic E-state index is 11.0. The molecule has 0 spiro atoms. The first-order valence-electron chi connectivity index (χ1n) is 15.9. The molecule has 1 amide bonds. The minimum absolute atomic E-state index is 0.226. The van der Waals surface area contributed by atoms with Gasteiger partial charge in [0.2, 0.25) is 0 Å². The lowest BCUT2D eigenvalue weighted by molar-refractivity contribution is 0.194. The van der Waals surface area contributed by atoms with Gasteiger partial charge in [0.15, 0.2) is 11.0 Å². The molecule has 0 saturated carbocycles. The number of unbranched alkanes of at least 4 members (excludes halogenated alkanes) is 1. The Kier molecular flexibility index (Phi) is 11.6. The Morgan fingerprint density at radius 2 is 1.45 bits per heavy atom. The summed E-state index contributed by atoms with van der Waals surface area (Å²) >= 11 is 6.85. The number of benzene rings is 3. The lowest BCUT2D eigenvalue weighted by Crippen LogP contribution is -2.24. The van der Waals surface area contributed by atoms with E-state index in [4.69, 9.17) is 40.6 Å². The van der Waals surface area contributed by atoms with Crippen molar-refractivity contribution in [3.05, 3.63) is 93.9 Å². The summed E-state index contributed by atoms with van der Waals surface area (Å²) in [4.78, 5) is 18.2. The molecular weight excluding hydrogens is 648 g/mol. The molecule has 2 aromatic heterocycles. The number of carboxylic acid groups (broad SMARTS) is 1. The Bertz CT molecular complexity index is 1840. The maximum atomic E-state index is 11.0. The Hall–Kier alpha value is -5.23. The van der Waals surface area contributed by atoms with E-state index in [1.165, 1.54) is 0 Å². The van der Waals surface area contributed by atoms with E-state index in [0.717, 1.165) is 47.3 Å². The molecule has 2 N–H and O–H groups in total. The van der Waals surface area contributed by atoms with Crippen molar-refractivity contribution >= 4 is 34.5 Å². The van der Waals surface area contributed by atoms with E-state index in [9.17, 15) is 4.79 Å². The number of halogens is 1. The molecule has 0 aliphatic rings. The zero-order valence-corrected chi connectivity index (χ0v) is 29.1. The molecule has 3 aromatic carbocycles. The first kappa shape index (κ1) is 35.1. The highest BCUT2D eigenvalue weighted by Crippen LogP contribution is 2.35. The van der Waals surface area contributed by atoms with Gasteiger partial charge in [-0.1, -0.05) is 49.2 Å². The smallest absolute Gasteiger partial charge is 0.404 e. The highest BCUT2D eigenvalue weighted by molar-refractivity contribution is 6.34. The van der Waals surface area contributed by atoms with Crippen LogP contribution in [0.15, 0.2) is 60.7 Å². The molecule has 12 nitrogen and oxygen atoms in total. The molecule has 258 valence electrons. The van der Waals surface area contributed by atoms with Crippen LogP contribution in [0.2, 0.25) is 5.15 Å². The van der Waals surface area contributed by atoms with Crippen molar-refractivity contribution in [2.45, 2.75) is 52.4 Å². The van der Waals surface area contributed by atoms with Crippen LogP contribution < -0.4 is 29.2 Å². The fourth-order valence-electron chi connectivity index (χ4n) is 5.66. The van der Waals surface area contributed by atoms with Crippen LogP contribution in [0.25, 0.3) is 11.0 Å². The molecule has 5 aromatic rings. The second-order valence-corrected chi connectivity index (χ2v) is 11.8. The summed E-state index contributed by atoms with van der Waals surface area (Å²) in [5.41, 5.74) is 5.00. The van der Waals surface area contributed by atoms with Crippen molar-refractivity contribution in [2.75, 3.05) is 33.3 Å². The van der Waals surface area contributed by atoms with Crippen LogP contribution in [-0.4, -0.2) is 59.4 Å². The Balaban J connectivity index is 1.62. The van der Waals surface area contributed by atoms with Crippen molar-refractivity contribution < 1.29 is 28.8 Å². The number of nitrogens with zero attached hydrogens (tertiary/aromatic N) is 5. The monoisotopic (exact) mass is 688 g/mol. The first-order valence-corrected chi connectivity index (χ1v) is 16.3. The van der Waals surface area contributed by atoms with E-state index < -0.39 is 6.09 Å². The summed E-state index contributed by atoms with van der Waals surface area (Å²) in [6.07, 6.45) is 1.60. The third kappa shape index (κ3) is 8.26. The van der Waals surface area contributed by atoms with Crippen LogP contribution >= 0.6 is 11.6 Å². The molecule has 0 atom stereocenters. The largest absolute Gasteiger partial charge is 0.497 e. The van der Waals surface area contributed by atoms with Gasteiger partial charge >= 0.3 is 6.09 Å². The third-order valence-corrected chi connectivity index (χ3v) is 8.51. The number of hydrogen-bond donors (Lipinski definition) is 2. The topological polar surface area (TPSA) is 133 Å². The predicted molar refractivity (Wildman–Crippen MR) is 188 cm³/mol. The van der Waals surface area contributed by atoms with Gasteiger partial charge in [-0.05, 0) is 41.8 Å². The summed E-state index contributed by atoms with van der Waals surface area (Å²) in [5, 5.41) is 20.7. The summed E-state index contributed by atoms with van der Waals surface area (Å²) in [7, 11) is 6.50. The minimum Gasteiger partial charge on any atom is -0.497 e. The summed E-state index contributed by atoms with van der Waals surface area (Å²) < 4.78 is 24.5. The lowest BCUT2D eigenvalue weighted by atomic mass is 10.1. The predicted octanol–water partition coefficient (Wildman–Crippen LogP) is 6.88. The van der Waals surface area contributed by atoms with Gasteiger partial charge in [0, 0.05) is 55.9 Å². The zero-order chi connectivity index (χ0) is 34.9. The Morgan fingerprint density at radius 3 is 1.98 bits per heavy atom. The SMILES string of the molecule is CCCCc1nc2c(N(Cc3ccc(OC)cc3OC)Cc3ccc(OC)cc3OC)nnc(Cl)c2n1Cc1ccc(CNC(=O)O)cc1. The average molecular weight is 689 g/mol. The fourth-order valence-corrected chi connectivity index (χ4v) is 5.89. The summed E-state index contributed by atoms with van der Waals surface area (Å²) in [5.74, 6) is 4.13. The lowest BCUT2D eigenvalue weighted by Gasteiger charge is -2.26. The first-order chi connectivity index (χ1) is 23.8. The summed E-state index contributed by atoms with van der Waals surface area (Å²) in [6, 6.07) is 19.2. The van der Waals surface area contributed by atoms with Crippen LogP contribution in [-0.2, 0) is 32.6 Å². The average Bonchev–Trinajstić information content (AvgIpc) is 3.48. The van der Waals surface area contributed by atoms with Gasteiger partial charge in [0.05, 0.1) is 28.4 Å². The number of aromatic nitrogens is 4. The molecule has 0 radical (unpaired) electrons. The van der Waals surface area contributed by atoms with Gasteiger partial charge in [-0.2, -0.15) is 0 Å². The molecule has 0 saturated heterocycles. The van der Waals surface area contributed by atoms with E-state index in [0.29, 0.717) is 59.5 Å². The number of anilines is 1. The van der Waals surface area contributed by atoms with E-state index in [2.05, 4.69) is 31.9 Å². The van der Waals surface area contributed by atoms with Crippen LogP contribution in [0, 0.1) is 0 Å². The van der Waals surface area contributed by atoms with Crippen LogP contribution in [0.3, 0.4) is 0 Å². The Morgan fingerprint density at radius 1 is 0.857 bits per heavy atom. The van der Waals surface area contributed by atoms with Crippen molar-refractivity contribution in [3.63, 3.8) is 0 Å². The number of methoxy groups -OCH3 is 4. The van der Waals surface area contributed by atoms with Crippen LogP contribution in [0.1, 0.15) is 47.8 Å². The minimum atomic E-state index is -1.06. The normalized spacial score (nSPS) is 11.0. The molecule has 2 heterocycles. The fraction of sp³-hybridized carbons (Fsp3) is 0.333. The quantitative estimate of drug-likeness (QED) is 0.113. The molecule has 0 fully saturated rings. The Labute approximate surface area is 290 Å². The second kappa shape index (κ2) is 16.2. The van der Waals surface area contributed by atoms with Crippen molar-refractivity contribution in [3.8, 4) is 23.0 Å². The van der Waals surface area contributed by atoms with E-state index in [1.54, 1.807) is 28.4 Å². The van der Waals surface area contributed by atoms with Gasteiger partial charge in [0.25, 0.3) is 0 Å². The number of imidazole rings is 1. The maximum Gasteiger partial charge on any atom is 0.404 e. The van der Waals surface area contributed by atoms with Gasteiger partial charge in [-0.3, -0.25) is 0 Å². The van der Waals surface area contributed by atoms with Crippen molar-refractivity contribution in [1.29, 1.82) is 0 Å². The molecule has 13 heteroatoms. The number of amides is 1. The number of ether oxygens (including phenoxy) is 4. The van der Waals surface area contributed by atoms with Gasteiger partial charge in [0.1, 0.15) is 39.9 Å².